The van der Waals surface area contributed by atoms with Gasteiger partial charge in [0.1, 0.15) is 11.7 Å². The van der Waals surface area contributed by atoms with Crippen molar-refractivity contribution in [3.63, 3.8) is 0 Å². The van der Waals surface area contributed by atoms with Gasteiger partial charge in [0, 0.05) is 36.4 Å². The fraction of sp³-hybridized carbons (Fsp3) is 0.286. The van der Waals surface area contributed by atoms with Crippen molar-refractivity contribution in [2.45, 2.75) is 32.0 Å². The SMILES string of the molecule is Cc1cc(Nc2nccc(C(F)(F)F)n2)cc(-c2cnc(N3CCCC3C(=O)O)nc2)c1. The third-order valence-electron chi connectivity index (χ3n) is 5.05. The predicted octanol–water partition coefficient (Wildman–Crippen LogP) is 4.06. The first-order valence-electron chi connectivity index (χ1n) is 9.81. The maximum atomic E-state index is 12.9. The molecule has 32 heavy (non-hydrogen) atoms. The maximum Gasteiger partial charge on any atom is 0.433 e. The van der Waals surface area contributed by atoms with Gasteiger partial charge in [-0.2, -0.15) is 13.2 Å². The van der Waals surface area contributed by atoms with Crippen molar-refractivity contribution in [3.8, 4) is 11.1 Å². The van der Waals surface area contributed by atoms with Crippen LogP contribution in [-0.2, 0) is 11.0 Å². The van der Waals surface area contributed by atoms with Crippen LogP contribution in [0.2, 0.25) is 0 Å². The number of halogens is 3. The van der Waals surface area contributed by atoms with Crippen LogP contribution in [0.25, 0.3) is 11.1 Å². The Morgan fingerprint density at radius 1 is 1.16 bits per heavy atom. The second-order valence-corrected chi connectivity index (χ2v) is 7.44. The zero-order chi connectivity index (χ0) is 22.9. The number of aryl methyl sites for hydroxylation is 1. The van der Waals surface area contributed by atoms with E-state index >= 15 is 0 Å². The molecule has 4 rings (SSSR count). The third kappa shape index (κ3) is 4.61. The minimum Gasteiger partial charge on any atom is -0.480 e. The Morgan fingerprint density at radius 2 is 1.91 bits per heavy atom. The van der Waals surface area contributed by atoms with Gasteiger partial charge in [0.25, 0.3) is 0 Å². The van der Waals surface area contributed by atoms with Gasteiger partial charge >= 0.3 is 12.1 Å². The zero-order valence-corrected chi connectivity index (χ0v) is 17.0. The summed E-state index contributed by atoms with van der Waals surface area (Å²) in [5, 5.41) is 12.1. The second kappa shape index (κ2) is 8.40. The van der Waals surface area contributed by atoms with Crippen LogP contribution >= 0.6 is 0 Å². The standard InChI is InChI=1S/C21H19F3N6O2/c1-12-7-13(9-15(8-12)28-19-25-5-4-17(29-19)21(22,23)24)14-10-26-20(27-11-14)30-6-2-3-16(30)18(31)32/h4-5,7-11,16H,2-3,6H2,1H3,(H,31,32)(H,25,28,29). The van der Waals surface area contributed by atoms with Crippen LogP contribution < -0.4 is 10.2 Å². The molecule has 8 nitrogen and oxygen atoms in total. The topological polar surface area (TPSA) is 104 Å². The molecule has 1 aliphatic heterocycles. The van der Waals surface area contributed by atoms with Gasteiger partial charge in [-0.1, -0.05) is 6.07 Å². The molecule has 0 radical (unpaired) electrons. The molecule has 0 amide bonds. The van der Waals surface area contributed by atoms with Crippen LogP contribution in [-0.4, -0.2) is 43.6 Å². The molecular weight excluding hydrogens is 425 g/mol. The van der Waals surface area contributed by atoms with Crippen molar-refractivity contribution in [1.29, 1.82) is 0 Å². The summed E-state index contributed by atoms with van der Waals surface area (Å²) >= 11 is 0. The molecule has 11 heteroatoms. The first-order valence-corrected chi connectivity index (χ1v) is 9.81. The number of nitrogens with one attached hydrogen (secondary N) is 1. The third-order valence-corrected chi connectivity index (χ3v) is 5.05. The van der Waals surface area contributed by atoms with E-state index < -0.39 is 23.9 Å². The van der Waals surface area contributed by atoms with E-state index in [1.165, 1.54) is 0 Å². The lowest BCUT2D eigenvalue weighted by molar-refractivity contribution is -0.141. The molecule has 0 bridgehead atoms. The predicted molar refractivity (Wildman–Crippen MR) is 111 cm³/mol. The molecule has 1 atom stereocenters. The minimum atomic E-state index is -4.56. The first kappa shape index (κ1) is 21.5. The van der Waals surface area contributed by atoms with Gasteiger partial charge < -0.3 is 15.3 Å². The van der Waals surface area contributed by atoms with E-state index in [2.05, 4.69) is 25.3 Å². The lowest BCUT2D eigenvalue weighted by atomic mass is 10.1. The van der Waals surface area contributed by atoms with Crippen molar-refractivity contribution in [2.24, 2.45) is 0 Å². The molecule has 1 aromatic carbocycles. The van der Waals surface area contributed by atoms with E-state index in [-0.39, 0.29) is 5.95 Å². The Kier molecular flexibility index (Phi) is 5.64. The molecule has 3 heterocycles. The number of hydrogen-bond donors (Lipinski definition) is 2. The number of carboxylic acid groups (broad SMARTS) is 1. The quantitative estimate of drug-likeness (QED) is 0.607. The summed E-state index contributed by atoms with van der Waals surface area (Å²) in [6.45, 7) is 2.42. The molecule has 2 N–H and O–H groups in total. The van der Waals surface area contributed by atoms with Crippen molar-refractivity contribution in [1.82, 2.24) is 19.9 Å². The Labute approximate surface area is 181 Å². The van der Waals surface area contributed by atoms with Gasteiger partial charge in [-0.05, 0) is 49.1 Å². The molecule has 1 fully saturated rings. The summed E-state index contributed by atoms with van der Waals surface area (Å²) in [4.78, 5) is 29.1. The summed E-state index contributed by atoms with van der Waals surface area (Å²) in [7, 11) is 0. The van der Waals surface area contributed by atoms with E-state index in [0.29, 0.717) is 30.2 Å². The molecule has 0 aliphatic carbocycles. The summed E-state index contributed by atoms with van der Waals surface area (Å²) < 4.78 is 38.7. The van der Waals surface area contributed by atoms with Gasteiger partial charge in [-0.3, -0.25) is 0 Å². The molecule has 0 saturated carbocycles. The summed E-state index contributed by atoms with van der Waals surface area (Å²) in [5.74, 6) is -0.722. The number of nitrogens with zero attached hydrogens (tertiary/aromatic N) is 5. The minimum absolute atomic E-state index is 0.170. The van der Waals surface area contributed by atoms with E-state index in [1.54, 1.807) is 29.4 Å². The average molecular weight is 444 g/mol. The lowest BCUT2D eigenvalue weighted by Crippen LogP contribution is -2.36. The molecule has 166 valence electrons. The second-order valence-electron chi connectivity index (χ2n) is 7.44. The zero-order valence-electron chi connectivity index (χ0n) is 17.0. The highest BCUT2D eigenvalue weighted by Gasteiger charge is 2.33. The number of hydrogen-bond acceptors (Lipinski definition) is 7. The number of anilines is 3. The van der Waals surface area contributed by atoms with Crippen LogP contribution in [0.3, 0.4) is 0 Å². The fourth-order valence-corrected chi connectivity index (χ4v) is 3.61. The average Bonchev–Trinajstić information content (AvgIpc) is 3.23. The van der Waals surface area contributed by atoms with Crippen LogP contribution in [0.4, 0.5) is 30.8 Å². The summed E-state index contributed by atoms with van der Waals surface area (Å²) in [6, 6.07) is 5.53. The maximum absolute atomic E-state index is 12.9. The van der Waals surface area contributed by atoms with Gasteiger partial charge in [-0.25, -0.2) is 24.7 Å². The Morgan fingerprint density at radius 3 is 2.59 bits per heavy atom. The molecule has 3 aromatic rings. The molecule has 1 aliphatic rings. The van der Waals surface area contributed by atoms with Crippen LogP contribution in [0.1, 0.15) is 24.1 Å². The lowest BCUT2D eigenvalue weighted by Gasteiger charge is -2.21. The number of benzene rings is 1. The van der Waals surface area contributed by atoms with Gasteiger partial charge in [-0.15, -0.1) is 0 Å². The van der Waals surface area contributed by atoms with Gasteiger partial charge in [0.2, 0.25) is 11.9 Å². The monoisotopic (exact) mass is 444 g/mol. The Hall–Kier alpha value is -3.76. The van der Waals surface area contributed by atoms with Crippen molar-refractivity contribution >= 4 is 23.6 Å². The number of alkyl halides is 3. The number of aromatic nitrogens is 4. The van der Waals surface area contributed by atoms with Crippen LogP contribution in [0.5, 0.6) is 0 Å². The fourth-order valence-electron chi connectivity index (χ4n) is 3.61. The van der Waals surface area contributed by atoms with Crippen molar-refractivity contribution in [3.05, 3.63) is 54.1 Å². The highest BCUT2D eigenvalue weighted by Crippen LogP contribution is 2.30. The molecular formula is C21H19F3N6O2. The van der Waals surface area contributed by atoms with Gasteiger partial charge in [0.15, 0.2) is 0 Å². The van der Waals surface area contributed by atoms with E-state index in [1.807, 2.05) is 13.0 Å². The van der Waals surface area contributed by atoms with Crippen LogP contribution in [0.15, 0.2) is 42.9 Å². The normalized spacial score (nSPS) is 16.2. The Balaban J connectivity index is 1.57. The molecule has 1 saturated heterocycles. The number of aliphatic carboxylic acids is 1. The van der Waals surface area contributed by atoms with E-state index in [9.17, 15) is 23.1 Å². The first-order chi connectivity index (χ1) is 15.2. The largest absolute Gasteiger partial charge is 0.480 e. The van der Waals surface area contributed by atoms with E-state index in [0.717, 1.165) is 29.8 Å². The molecule has 1 unspecified atom stereocenters. The Bertz CT molecular complexity index is 1140. The smallest absolute Gasteiger partial charge is 0.433 e. The van der Waals surface area contributed by atoms with E-state index in [4.69, 9.17) is 0 Å². The van der Waals surface area contributed by atoms with Crippen LogP contribution in [0, 0.1) is 6.92 Å². The number of carbonyl (C=O) groups is 1. The van der Waals surface area contributed by atoms with Gasteiger partial charge in [0.05, 0.1) is 0 Å². The molecule has 0 spiro atoms. The van der Waals surface area contributed by atoms with Crippen molar-refractivity contribution < 1.29 is 23.1 Å². The number of rotatable bonds is 5. The molecule has 2 aromatic heterocycles. The highest BCUT2D eigenvalue weighted by molar-refractivity contribution is 5.78. The van der Waals surface area contributed by atoms with Crippen molar-refractivity contribution in [2.75, 3.05) is 16.8 Å². The highest BCUT2D eigenvalue weighted by atomic mass is 19.4. The summed E-state index contributed by atoms with van der Waals surface area (Å²) in [5.41, 5.74) is 1.74. The summed E-state index contributed by atoms with van der Waals surface area (Å²) in [6.07, 6.45) is 0.977. The number of carboxylic acids is 1.